The van der Waals surface area contributed by atoms with E-state index in [-0.39, 0.29) is 18.2 Å². The molecule has 1 aliphatic rings. The van der Waals surface area contributed by atoms with E-state index in [9.17, 15) is 14.4 Å². The molecule has 1 amide bonds. The maximum absolute atomic E-state index is 13.5. The summed E-state index contributed by atoms with van der Waals surface area (Å²) in [6.07, 6.45) is -0.423. The Hall–Kier alpha value is -3.16. The molecule has 1 aromatic heterocycles. The molecular formula is C24H31N3O5. The molecule has 8 heteroatoms. The Morgan fingerprint density at radius 1 is 1.12 bits per heavy atom. The number of aryl methyl sites for hydroxylation is 1. The molecule has 0 spiro atoms. The zero-order valence-electron chi connectivity index (χ0n) is 19.5. The number of carbonyl (C=O) groups is 2. The largest absolute Gasteiger partial charge is 0.461 e. The highest BCUT2D eigenvalue weighted by Crippen LogP contribution is 2.23. The van der Waals surface area contributed by atoms with Crippen molar-refractivity contribution in [1.82, 2.24) is 14.5 Å². The van der Waals surface area contributed by atoms with E-state index >= 15 is 0 Å². The number of ether oxygens (including phenoxy) is 2. The van der Waals surface area contributed by atoms with E-state index in [4.69, 9.17) is 9.47 Å². The molecule has 0 saturated carbocycles. The highest BCUT2D eigenvalue weighted by Gasteiger charge is 2.33. The number of fused-ring (bicyclic) bond motifs is 1. The van der Waals surface area contributed by atoms with Gasteiger partial charge in [-0.3, -0.25) is 9.36 Å². The minimum absolute atomic E-state index is 0.188. The second-order valence-electron chi connectivity index (χ2n) is 9.21. The van der Waals surface area contributed by atoms with Crippen molar-refractivity contribution in [2.45, 2.75) is 72.3 Å². The van der Waals surface area contributed by atoms with Crippen molar-refractivity contribution in [2.24, 2.45) is 0 Å². The van der Waals surface area contributed by atoms with Crippen LogP contribution in [-0.4, -0.2) is 44.8 Å². The Morgan fingerprint density at radius 2 is 1.78 bits per heavy atom. The molecule has 32 heavy (non-hydrogen) atoms. The van der Waals surface area contributed by atoms with Gasteiger partial charge >= 0.3 is 12.1 Å². The van der Waals surface area contributed by atoms with Gasteiger partial charge in [0.25, 0.3) is 5.56 Å². The van der Waals surface area contributed by atoms with E-state index in [1.807, 2.05) is 39.0 Å². The lowest BCUT2D eigenvalue weighted by atomic mass is 10.0. The van der Waals surface area contributed by atoms with Gasteiger partial charge in [0.05, 0.1) is 18.3 Å². The summed E-state index contributed by atoms with van der Waals surface area (Å²) in [6, 6.07) is 8.13. The molecule has 0 N–H and O–H groups in total. The lowest BCUT2D eigenvalue weighted by Gasteiger charge is -2.31. The van der Waals surface area contributed by atoms with Gasteiger partial charge < -0.3 is 14.4 Å². The molecule has 2 aromatic rings. The van der Waals surface area contributed by atoms with Gasteiger partial charge in [-0.05, 0) is 53.5 Å². The normalized spacial score (nSPS) is 14.7. The number of hydrogen-bond acceptors (Lipinski definition) is 6. The standard InChI is InChI=1S/C24H31N3O5/c1-15(2)31-22(29)20(17-10-8-7-9-11-17)27-16(3)25-19-14-26(13-12-18(19)21(27)28)23(30)32-24(4,5)6/h7-11,15,20H,12-14H2,1-6H3. The fourth-order valence-electron chi connectivity index (χ4n) is 3.73. The Bertz CT molecular complexity index is 1050. The fraction of sp³-hybridized carbons (Fsp3) is 0.500. The Morgan fingerprint density at radius 3 is 2.38 bits per heavy atom. The third kappa shape index (κ3) is 5.18. The van der Waals surface area contributed by atoms with Gasteiger partial charge in [-0.25, -0.2) is 14.6 Å². The van der Waals surface area contributed by atoms with Crippen molar-refractivity contribution >= 4 is 12.1 Å². The van der Waals surface area contributed by atoms with Crippen LogP contribution in [0.25, 0.3) is 0 Å². The predicted molar refractivity (Wildman–Crippen MR) is 119 cm³/mol. The van der Waals surface area contributed by atoms with E-state index in [0.717, 1.165) is 0 Å². The summed E-state index contributed by atoms with van der Waals surface area (Å²) in [5.41, 5.74) is 0.796. The molecular weight excluding hydrogens is 410 g/mol. The molecule has 172 valence electrons. The minimum atomic E-state index is -0.937. The molecule has 0 fully saturated rings. The number of carbonyl (C=O) groups excluding carboxylic acids is 2. The van der Waals surface area contributed by atoms with Crippen LogP contribution in [-0.2, 0) is 27.2 Å². The second-order valence-corrected chi connectivity index (χ2v) is 9.21. The van der Waals surface area contributed by atoms with Crippen LogP contribution in [0.2, 0.25) is 0 Å². The van der Waals surface area contributed by atoms with E-state index < -0.39 is 23.7 Å². The van der Waals surface area contributed by atoms with Gasteiger partial charge in [-0.1, -0.05) is 30.3 Å². The summed E-state index contributed by atoms with van der Waals surface area (Å²) in [4.78, 5) is 45.2. The van der Waals surface area contributed by atoms with Crippen LogP contribution in [0.1, 0.15) is 63.3 Å². The quantitative estimate of drug-likeness (QED) is 0.676. The van der Waals surface area contributed by atoms with E-state index in [1.54, 1.807) is 37.8 Å². The maximum Gasteiger partial charge on any atom is 0.410 e. The summed E-state index contributed by atoms with van der Waals surface area (Å²) in [5, 5.41) is 0. The first-order valence-electron chi connectivity index (χ1n) is 10.8. The van der Waals surface area contributed by atoms with Gasteiger partial charge in [-0.2, -0.15) is 0 Å². The topological polar surface area (TPSA) is 90.7 Å². The monoisotopic (exact) mass is 441 g/mol. The number of aromatic nitrogens is 2. The molecule has 3 rings (SSSR count). The maximum atomic E-state index is 13.5. The van der Waals surface area contributed by atoms with Crippen LogP contribution < -0.4 is 5.56 Å². The van der Waals surface area contributed by atoms with Crippen LogP contribution >= 0.6 is 0 Å². The van der Waals surface area contributed by atoms with Crippen LogP contribution in [0.4, 0.5) is 4.79 Å². The number of benzene rings is 1. The molecule has 8 nitrogen and oxygen atoms in total. The van der Waals surface area contributed by atoms with Crippen LogP contribution in [0.15, 0.2) is 35.1 Å². The number of rotatable bonds is 4. The van der Waals surface area contributed by atoms with Crippen molar-refractivity contribution in [3.05, 3.63) is 63.3 Å². The third-order valence-electron chi connectivity index (χ3n) is 5.04. The molecule has 0 aliphatic carbocycles. The Balaban J connectivity index is 2.01. The summed E-state index contributed by atoms with van der Waals surface area (Å²) in [6.45, 7) is 11.2. The van der Waals surface area contributed by atoms with Crippen molar-refractivity contribution in [2.75, 3.05) is 6.54 Å². The summed E-state index contributed by atoms with van der Waals surface area (Å²) in [7, 11) is 0. The highest BCUT2D eigenvalue weighted by molar-refractivity contribution is 5.78. The van der Waals surface area contributed by atoms with Crippen LogP contribution in [0.3, 0.4) is 0 Å². The molecule has 2 heterocycles. The Kier molecular flexibility index (Phi) is 6.71. The number of hydrogen-bond donors (Lipinski definition) is 0. The molecule has 1 aromatic carbocycles. The first kappa shape index (κ1) is 23.5. The number of esters is 1. The Labute approximate surface area is 188 Å². The smallest absolute Gasteiger partial charge is 0.410 e. The van der Waals surface area contributed by atoms with Crippen molar-refractivity contribution in [3.8, 4) is 0 Å². The third-order valence-corrected chi connectivity index (χ3v) is 5.04. The van der Waals surface area contributed by atoms with E-state index in [2.05, 4.69) is 4.98 Å². The van der Waals surface area contributed by atoms with Gasteiger partial charge in [0.15, 0.2) is 6.04 Å². The predicted octanol–water partition coefficient (Wildman–Crippen LogP) is 3.39. The number of amides is 1. The molecule has 1 atom stereocenters. The molecule has 0 radical (unpaired) electrons. The molecule has 0 saturated heterocycles. The zero-order chi connectivity index (χ0) is 23.6. The van der Waals surface area contributed by atoms with Crippen LogP contribution in [0, 0.1) is 6.92 Å². The van der Waals surface area contributed by atoms with Gasteiger partial charge in [0.2, 0.25) is 0 Å². The van der Waals surface area contributed by atoms with Crippen molar-refractivity contribution < 1.29 is 19.1 Å². The molecule has 0 bridgehead atoms. The van der Waals surface area contributed by atoms with Gasteiger partial charge in [0, 0.05) is 12.1 Å². The summed E-state index contributed by atoms with van der Waals surface area (Å²) in [5.74, 6) is -0.126. The molecule has 1 aliphatic heterocycles. The van der Waals surface area contributed by atoms with Crippen molar-refractivity contribution in [1.29, 1.82) is 0 Å². The lowest BCUT2D eigenvalue weighted by Crippen LogP contribution is -2.44. The first-order chi connectivity index (χ1) is 15.0. The van der Waals surface area contributed by atoms with E-state index in [1.165, 1.54) is 4.57 Å². The highest BCUT2D eigenvalue weighted by atomic mass is 16.6. The first-order valence-corrected chi connectivity index (χ1v) is 10.8. The minimum Gasteiger partial charge on any atom is -0.461 e. The lowest BCUT2D eigenvalue weighted by molar-refractivity contribution is -0.150. The fourth-order valence-corrected chi connectivity index (χ4v) is 3.73. The average molecular weight is 442 g/mol. The second kappa shape index (κ2) is 9.14. The van der Waals surface area contributed by atoms with Crippen molar-refractivity contribution in [3.63, 3.8) is 0 Å². The van der Waals surface area contributed by atoms with Gasteiger partial charge in [0.1, 0.15) is 11.4 Å². The summed E-state index contributed by atoms with van der Waals surface area (Å²) >= 11 is 0. The van der Waals surface area contributed by atoms with Crippen LogP contribution in [0.5, 0.6) is 0 Å². The number of nitrogens with zero attached hydrogens (tertiary/aromatic N) is 3. The van der Waals surface area contributed by atoms with E-state index in [0.29, 0.717) is 35.6 Å². The SMILES string of the molecule is Cc1nc2c(c(=O)n1C(C(=O)OC(C)C)c1ccccc1)CCN(C(=O)OC(C)(C)C)C2. The zero-order valence-corrected chi connectivity index (χ0v) is 19.5. The molecule has 1 unspecified atom stereocenters. The summed E-state index contributed by atoms with van der Waals surface area (Å²) < 4.78 is 12.3. The van der Waals surface area contributed by atoms with Gasteiger partial charge in [-0.15, -0.1) is 0 Å². The average Bonchev–Trinajstić information content (AvgIpc) is 2.69.